The van der Waals surface area contributed by atoms with Crippen molar-refractivity contribution in [1.82, 2.24) is 0 Å². The van der Waals surface area contributed by atoms with E-state index in [1.165, 1.54) is 25.1 Å². The number of nitrogens with one attached hydrogen (secondary N) is 2. The van der Waals surface area contributed by atoms with Gasteiger partial charge in [-0.15, -0.1) is 0 Å². The molecule has 3 aromatic carbocycles. The Bertz CT molecular complexity index is 1610. The van der Waals surface area contributed by atoms with Crippen molar-refractivity contribution in [2.45, 2.75) is 31.0 Å². The van der Waals surface area contributed by atoms with E-state index in [0.717, 1.165) is 34.8 Å². The maximum atomic E-state index is 13.1. The first-order chi connectivity index (χ1) is 17.9. The van der Waals surface area contributed by atoms with E-state index in [9.17, 15) is 34.8 Å². The number of halogens is 5. The molecule has 0 fully saturated rings. The Morgan fingerprint density at radius 2 is 1.51 bits per heavy atom. The summed E-state index contributed by atoms with van der Waals surface area (Å²) in [4.78, 5) is 12.6. The van der Waals surface area contributed by atoms with Crippen LogP contribution in [0.4, 0.5) is 30.2 Å². The van der Waals surface area contributed by atoms with Crippen LogP contribution in [0.15, 0.2) is 65.6 Å². The lowest BCUT2D eigenvalue weighted by molar-refractivity contribution is -0.137. The third-order valence-corrected chi connectivity index (χ3v) is 8.64. The molecule has 2 N–H and O–H groups in total. The SMILES string of the molecule is Cc1ccc(Cl)cc1N([C@@H](C)C(=O)Nc1ccc(S(=O)(=O)Nc2ccc(Cl)c(C(F)(F)F)c2)cc1)S(C)(=O)=O. The van der Waals surface area contributed by atoms with E-state index in [-0.39, 0.29) is 27.0 Å². The van der Waals surface area contributed by atoms with Gasteiger partial charge < -0.3 is 5.32 Å². The van der Waals surface area contributed by atoms with Crippen molar-refractivity contribution in [3.8, 4) is 0 Å². The smallest absolute Gasteiger partial charge is 0.324 e. The Kier molecular flexibility index (Phi) is 8.80. The van der Waals surface area contributed by atoms with Crippen LogP contribution in [-0.4, -0.2) is 35.0 Å². The molecule has 210 valence electrons. The highest BCUT2D eigenvalue weighted by Gasteiger charge is 2.34. The Labute approximate surface area is 233 Å². The lowest BCUT2D eigenvalue weighted by Crippen LogP contribution is -2.45. The molecule has 8 nitrogen and oxygen atoms in total. The normalized spacial score (nSPS) is 13.0. The van der Waals surface area contributed by atoms with Gasteiger partial charge in [0.1, 0.15) is 6.04 Å². The summed E-state index contributed by atoms with van der Waals surface area (Å²) in [5.74, 6) is -0.714. The second-order valence-corrected chi connectivity index (χ2v) is 12.9. The van der Waals surface area contributed by atoms with Crippen LogP contribution in [0.1, 0.15) is 18.1 Å². The van der Waals surface area contributed by atoms with Crippen molar-refractivity contribution in [2.75, 3.05) is 20.6 Å². The predicted molar refractivity (Wildman–Crippen MR) is 145 cm³/mol. The number of anilines is 3. The molecular formula is C24H22Cl2F3N3O5S2. The van der Waals surface area contributed by atoms with Gasteiger partial charge in [-0.2, -0.15) is 13.2 Å². The van der Waals surface area contributed by atoms with Crippen molar-refractivity contribution < 1.29 is 34.8 Å². The molecule has 0 aliphatic carbocycles. The second-order valence-electron chi connectivity index (χ2n) is 8.48. The van der Waals surface area contributed by atoms with Gasteiger partial charge in [0.25, 0.3) is 10.0 Å². The minimum absolute atomic E-state index is 0.146. The second kappa shape index (κ2) is 11.2. The van der Waals surface area contributed by atoms with E-state index in [0.29, 0.717) is 11.6 Å². The maximum Gasteiger partial charge on any atom is 0.417 e. The number of sulfonamides is 2. The van der Waals surface area contributed by atoms with Crippen molar-refractivity contribution in [1.29, 1.82) is 0 Å². The van der Waals surface area contributed by atoms with E-state index in [4.69, 9.17) is 23.2 Å². The lowest BCUT2D eigenvalue weighted by atomic mass is 10.1. The zero-order valence-corrected chi connectivity index (χ0v) is 23.7. The van der Waals surface area contributed by atoms with Crippen LogP contribution >= 0.6 is 23.2 Å². The number of nitrogens with zero attached hydrogens (tertiary/aromatic N) is 1. The maximum absolute atomic E-state index is 13.1. The molecule has 3 aromatic rings. The molecule has 39 heavy (non-hydrogen) atoms. The van der Waals surface area contributed by atoms with Gasteiger partial charge in [0, 0.05) is 16.4 Å². The molecule has 0 unspecified atom stereocenters. The molecule has 3 rings (SSSR count). The van der Waals surface area contributed by atoms with E-state index in [1.807, 2.05) is 0 Å². The van der Waals surface area contributed by atoms with Crippen LogP contribution in [0.3, 0.4) is 0 Å². The number of carbonyl (C=O) groups excluding carboxylic acids is 1. The van der Waals surface area contributed by atoms with Crippen LogP contribution in [0.25, 0.3) is 0 Å². The van der Waals surface area contributed by atoms with Gasteiger partial charge in [0.05, 0.1) is 27.4 Å². The molecule has 0 bridgehead atoms. The number of rotatable bonds is 8. The predicted octanol–water partition coefficient (Wildman–Crippen LogP) is 5.91. The number of hydrogen-bond acceptors (Lipinski definition) is 5. The molecule has 0 aliphatic heterocycles. The zero-order chi connectivity index (χ0) is 29.3. The Morgan fingerprint density at radius 3 is 2.08 bits per heavy atom. The first kappa shape index (κ1) is 30.5. The summed E-state index contributed by atoms with van der Waals surface area (Å²) < 4.78 is 92.8. The average Bonchev–Trinajstić information content (AvgIpc) is 2.81. The molecule has 0 spiro atoms. The van der Waals surface area contributed by atoms with Gasteiger partial charge in [-0.1, -0.05) is 29.3 Å². The highest BCUT2D eigenvalue weighted by atomic mass is 35.5. The fourth-order valence-corrected chi connectivity index (χ4v) is 6.25. The third-order valence-electron chi connectivity index (χ3n) is 5.45. The Balaban J connectivity index is 1.80. The van der Waals surface area contributed by atoms with Crippen LogP contribution in [-0.2, 0) is 31.0 Å². The molecular weight excluding hydrogens is 602 g/mol. The van der Waals surface area contributed by atoms with Crippen molar-refractivity contribution in [2.24, 2.45) is 0 Å². The summed E-state index contributed by atoms with van der Waals surface area (Å²) in [5, 5.41) is 2.21. The number of hydrogen-bond donors (Lipinski definition) is 2. The van der Waals surface area contributed by atoms with Crippen LogP contribution < -0.4 is 14.3 Å². The van der Waals surface area contributed by atoms with Gasteiger partial charge in [-0.05, 0) is 74.0 Å². The lowest BCUT2D eigenvalue weighted by Gasteiger charge is -2.29. The van der Waals surface area contributed by atoms with Gasteiger partial charge in [0.2, 0.25) is 15.9 Å². The summed E-state index contributed by atoms with van der Waals surface area (Å²) in [7, 11) is -8.22. The van der Waals surface area contributed by atoms with Gasteiger partial charge >= 0.3 is 6.18 Å². The minimum atomic E-state index is -4.78. The third kappa shape index (κ3) is 7.35. The van der Waals surface area contributed by atoms with Crippen molar-refractivity contribution in [3.05, 3.63) is 81.8 Å². The minimum Gasteiger partial charge on any atom is -0.324 e. The van der Waals surface area contributed by atoms with E-state index in [2.05, 4.69) is 10.0 Å². The van der Waals surface area contributed by atoms with Gasteiger partial charge in [0.15, 0.2) is 0 Å². The first-order valence-electron chi connectivity index (χ1n) is 11.0. The van der Waals surface area contributed by atoms with E-state index in [1.54, 1.807) is 19.1 Å². The molecule has 0 radical (unpaired) electrons. The summed E-state index contributed by atoms with van der Waals surface area (Å²) in [5.41, 5.74) is -0.624. The molecule has 0 aliphatic rings. The molecule has 0 saturated carbocycles. The van der Waals surface area contributed by atoms with E-state index < -0.39 is 48.8 Å². The van der Waals surface area contributed by atoms with Gasteiger partial charge in [-0.25, -0.2) is 16.8 Å². The quantitative estimate of drug-likeness (QED) is 0.324. The number of alkyl halides is 3. The summed E-state index contributed by atoms with van der Waals surface area (Å²) in [6.07, 6.45) is -3.84. The Morgan fingerprint density at radius 1 is 0.923 bits per heavy atom. The number of benzene rings is 3. The summed E-state index contributed by atoms with van der Waals surface area (Å²) in [6.45, 7) is 3.04. The number of amides is 1. The van der Waals surface area contributed by atoms with Crippen LogP contribution in [0.2, 0.25) is 10.0 Å². The van der Waals surface area contributed by atoms with Gasteiger partial charge in [-0.3, -0.25) is 13.8 Å². The number of aryl methyl sites for hydroxylation is 1. The molecule has 1 amide bonds. The topological polar surface area (TPSA) is 113 Å². The molecule has 15 heteroatoms. The van der Waals surface area contributed by atoms with Crippen LogP contribution in [0.5, 0.6) is 0 Å². The monoisotopic (exact) mass is 623 g/mol. The Hall–Kier alpha value is -3.00. The molecule has 1 atom stereocenters. The zero-order valence-electron chi connectivity index (χ0n) is 20.5. The largest absolute Gasteiger partial charge is 0.417 e. The highest BCUT2D eigenvalue weighted by molar-refractivity contribution is 7.92. The van der Waals surface area contributed by atoms with Crippen molar-refractivity contribution >= 4 is 66.2 Å². The fraction of sp³-hybridized carbons (Fsp3) is 0.208. The highest BCUT2D eigenvalue weighted by Crippen LogP contribution is 2.36. The van der Waals surface area contributed by atoms with Crippen molar-refractivity contribution in [3.63, 3.8) is 0 Å². The fourth-order valence-electron chi connectivity index (χ4n) is 3.59. The van der Waals surface area contributed by atoms with Crippen LogP contribution in [0, 0.1) is 6.92 Å². The summed E-state index contributed by atoms with van der Waals surface area (Å²) in [6, 6.07) is 10.7. The summed E-state index contributed by atoms with van der Waals surface area (Å²) >= 11 is 11.6. The first-order valence-corrected chi connectivity index (χ1v) is 15.0. The average molecular weight is 624 g/mol. The van der Waals surface area contributed by atoms with E-state index >= 15 is 0 Å². The molecule has 0 heterocycles. The standard InChI is InChI=1S/C24H22Cl2F3N3O5S2/c1-14-4-5-16(25)12-22(14)32(38(3,34)35)15(2)23(33)30-17-6-9-19(10-7-17)39(36,37)31-18-8-11-21(26)20(13-18)24(27,28)29/h4-13,15,31H,1-3H3,(H,30,33)/t15-/m0/s1. The number of carbonyl (C=O) groups is 1. The molecule has 0 aromatic heterocycles. The molecule has 0 saturated heterocycles.